The summed E-state index contributed by atoms with van der Waals surface area (Å²) in [4.78, 5) is 39.3. The molecule has 0 aliphatic rings. The van der Waals surface area contributed by atoms with Crippen molar-refractivity contribution in [1.82, 2.24) is 19.7 Å². The van der Waals surface area contributed by atoms with Gasteiger partial charge in [0.1, 0.15) is 23.2 Å². The Bertz CT molecular complexity index is 1260. The van der Waals surface area contributed by atoms with Gasteiger partial charge >= 0.3 is 5.97 Å². The number of esters is 1. The third-order valence-electron chi connectivity index (χ3n) is 5.01. The highest BCUT2D eigenvalue weighted by Crippen LogP contribution is 2.34. The van der Waals surface area contributed by atoms with Crippen LogP contribution in [-0.4, -0.2) is 64.4 Å². The van der Waals surface area contributed by atoms with Crippen LogP contribution in [-0.2, 0) is 22.7 Å². The van der Waals surface area contributed by atoms with Gasteiger partial charge in [-0.25, -0.2) is 9.18 Å². The summed E-state index contributed by atoms with van der Waals surface area (Å²) in [6.07, 6.45) is 0. The van der Waals surface area contributed by atoms with Gasteiger partial charge in [0.05, 0.1) is 23.3 Å². The van der Waals surface area contributed by atoms with Crippen molar-refractivity contribution in [3.8, 4) is 5.75 Å². The lowest BCUT2D eigenvalue weighted by Crippen LogP contribution is -2.21. The van der Waals surface area contributed by atoms with E-state index in [1.807, 2.05) is 11.5 Å². The number of nitrogens with zero attached hydrogens (tertiary/aromatic N) is 4. The van der Waals surface area contributed by atoms with Crippen LogP contribution in [0.25, 0.3) is 0 Å². The van der Waals surface area contributed by atoms with Gasteiger partial charge in [-0.3, -0.25) is 9.59 Å². The molecule has 13 heteroatoms. The van der Waals surface area contributed by atoms with Crippen LogP contribution in [0.15, 0.2) is 29.4 Å². The molecule has 1 N–H and O–H groups in total. The lowest BCUT2D eigenvalue weighted by molar-refractivity contribution is -0.113. The standard InChI is InChI=1S/C23H26FN5O5S2/c1-6-29-16(11-34-15-9-7-14(24)8-10-15)26-27-23(29)35-12-17(30)25-20-18(22(32)33-5)13(2)19(36-20)21(31)28(3)4/h7-10H,6,11-12H2,1-5H3,(H,25,30). The summed E-state index contributed by atoms with van der Waals surface area (Å²) in [5.74, 6) is -0.609. The van der Waals surface area contributed by atoms with E-state index in [1.165, 1.54) is 48.0 Å². The molecule has 0 spiro atoms. The average Bonchev–Trinajstić information content (AvgIpc) is 3.40. The SMILES string of the molecule is CCn1c(COc2ccc(F)cc2)nnc1SCC(=O)Nc1sc(C(=O)N(C)C)c(C)c1C(=O)OC. The third-order valence-corrected chi connectivity index (χ3v) is 7.18. The molecule has 3 rings (SSSR count). The summed E-state index contributed by atoms with van der Waals surface area (Å²) in [6.45, 7) is 4.23. The molecule has 1 aromatic carbocycles. The van der Waals surface area contributed by atoms with Crippen LogP contribution in [0.3, 0.4) is 0 Å². The number of aromatic nitrogens is 3. The quantitative estimate of drug-likeness (QED) is 0.309. The molecule has 0 radical (unpaired) electrons. The van der Waals surface area contributed by atoms with Crippen molar-refractivity contribution in [2.75, 3.05) is 32.3 Å². The predicted molar refractivity (Wildman–Crippen MR) is 134 cm³/mol. The molecule has 0 atom stereocenters. The second-order valence-electron chi connectivity index (χ2n) is 7.67. The number of halogens is 1. The number of amides is 2. The van der Waals surface area contributed by atoms with E-state index in [2.05, 4.69) is 15.5 Å². The molecule has 0 aliphatic heterocycles. The summed E-state index contributed by atoms with van der Waals surface area (Å²) in [6, 6.07) is 5.66. The van der Waals surface area contributed by atoms with Crippen molar-refractivity contribution in [3.63, 3.8) is 0 Å². The fourth-order valence-corrected chi connectivity index (χ4v) is 5.23. The minimum absolute atomic E-state index is 0.00846. The Morgan fingerprint density at radius 2 is 1.89 bits per heavy atom. The van der Waals surface area contributed by atoms with E-state index in [-0.39, 0.29) is 40.6 Å². The maximum atomic E-state index is 13.1. The summed E-state index contributed by atoms with van der Waals surface area (Å²) in [5.41, 5.74) is 0.605. The summed E-state index contributed by atoms with van der Waals surface area (Å²) in [7, 11) is 4.46. The first-order valence-corrected chi connectivity index (χ1v) is 12.6. The largest absolute Gasteiger partial charge is 0.486 e. The van der Waals surface area contributed by atoms with Gasteiger partial charge in [0.25, 0.3) is 5.91 Å². The molecule has 0 aliphatic carbocycles. The number of hydrogen-bond acceptors (Lipinski definition) is 9. The molecule has 0 saturated carbocycles. The first-order valence-electron chi connectivity index (χ1n) is 10.8. The van der Waals surface area contributed by atoms with Crippen molar-refractivity contribution in [2.45, 2.75) is 32.2 Å². The zero-order chi connectivity index (χ0) is 26.4. The Labute approximate surface area is 215 Å². The van der Waals surface area contributed by atoms with Crippen LogP contribution in [0.5, 0.6) is 5.75 Å². The molecule has 2 aromatic heterocycles. The highest BCUT2D eigenvalue weighted by atomic mass is 32.2. The molecule has 0 fully saturated rings. The number of benzene rings is 1. The normalized spacial score (nSPS) is 10.7. The van der Waals surface area contributed by atoms with Gasteiger partial charge in [-0.1, -0.05) is 11.8 Å². The van der Waals surface area contributed by atoms with E-state index >= 15 is 0 Å². The lowest BCUT2D eigenvalue weighted by Gasteiger charge is -2.09. The van der Waals surface area contributed by atoms with Crippen molar-refractivity contribution in [2.24, 2.45) is 0 Å². The molecular formula is C23H26FN5O5S2. The monoisotopic (exact) mass is 535 g/mol. The van der Waals surface area contributed by atoms with Crippen molar-refractivity contribution in [3.05, 3.63) is 51.9 Å². The third kappa shape index (κ3) is 6.21. The number of thioether (sulfide) groups is 1. The zero-order valence-electron chi connectivity index (χ0n) is 20.5. The van der Waals surface area contributed by atoms with Crippen LogP contribution in [0.4, 0.5) is 9.39 Å². The fraction of sp³-hybridized carbons (Fsp3) is 0.348. The second kappa shape index (κ2) is 12.0. The minimum Gasteiger partial charge on any atom is -0.486 e. The number of carbonyl (C=O) groups is 3. The second-order valence-corrected chi connectivity index (χ2v) is 9.64. The Kier molecular flexibility index (Phi) is 9.04. The lowest BCUT2D eigenvalue weighted by atomic mass is 10.1. The number of nitrogens with one attached hydrogen (secondary N) is 1. The molecule has 3 aromatic rings. The van der Waals surface area contributed by atoms with E-state index in [9.17, 15) is 18.8 Å². The Balaban J connectivity index is 1.69. The Morgan fingerprint density at radius 1 is 1.19 bits per heavy atom. The Hall–Kier alpha value is -3.45. The molecule has 2 amide bonds. The summed E-state index contributed by atoms with van der Waals surface area (Å²) < 4.78 is 25.4. The highest BCUT2D eigenvalue weighted by molar-refractivity contribution is 7.99. The van der Waals surface area contributed by atoms with Crippen LogP contribution >= 0.6 is 23.1 Å². The van der Waals surface area contributed by atoms with Crippen molar-refractivity contribution >= 4 is 45.9 Å². The van der Waals surface area contributed by atoms with Gasteiger partial charge in [-0.2, -0.15) is 0 Å². The van der Waals surface area contributed by atoms with E-state index in [0.717, 1.165) is 11.3 Å². The summed E-state index contributed by atoms with van der Waals surface area (Å²) >= 11 is 2.20. The molecule has 0 unspecified atom stereocenters. The molecule has 10 nitrogen and oxygen atoms in total. The molecule has 0 bridgehead atoms. The number of rotatable bonds is 10. The number of hydrogen-bond donors (Lipinski definition) is 1. The predicted octanol–water partition coefficient (Wildman–Crippen LogP) is 3.61. The summed E-state index contributed by atoms with van der Waals surface area (Å²) in [5, 5.41) is 11.8. The van der Waals surface area contributed by atoms with Gasteiger partial charge < -0.3 is 24.3 Å². The number of anilines is 1. The van der Waals surface area contributed by atoms with Gasteiger partial charge in [0.15, 0.2) is 11.0 Å². The van der Waals surface area contributed by atoms with Gasteiger partial charge in [-0.15, -0.1) is 21.5 Å². The van der Waals surface area contributed by atoms with Gasteiger partial charge in [0, 0.05) is 20.6 Å². The van der Waals surface area contributed by atoms with Crippen LogP contribution in [0.1, 0.15) is 38.3 Å². The fourth-order valence-electron chi connectivity index (χ4n) is 3.18. The maximum absolute atomic E-state index is 13.1. The number of ether oxygens (including phenoxy) is 2. The average molecular weight is 536 g/mol. The molecule has 2 heterocycles. The highest BCUT2D eigenvalue weighted by Gasteiger charge is 2.27. The first kappa shape index (κ1) is 27.1. The van der Waals surface area contributed by atoms with Crippen molar-refractivity contribution in [1.29, 1.82) is 0 Å². The number of thiophene rings is 1. The molecule has 192 valence electrons. The topological polar surface area (TPSA) is 116 Å². The van der Waals surface area contributed by atoms with Crippen molar-refractivity contribution < 1.29 is 28.2 Å². The first-order chi connectivity index (χ1) is 17.2. The van der Waals surface area contributed by atoms with E-state index in [4.69, 9.17) is 9.47 Å². The van der Waals surface area contributed by atoms with Gasteiger partial charge in [-0.05, 0) is 43.7 Å². The van der Waals surface area contributed by atoms with E-state index in [0.29, 0.717) is 33.7 Å². The molecule has 36 heavy (non-hydrogen) atoms. The molecule has 0 saturated heterocycles. The van der Waals surface area contributed by atoms with Crippen LogP contribution < -0.4 is 10.1 Å². The zero-order valence-corrected chi connectivity index (χ0v) is 22.1. The van der Waals surface area contributed by atoms with Crippen LogP contribution in [0.2, 0.25) is 0 Å². The number of carbonyl (C=O) groups excluding carboxylic acids is 3. The maximum Gasteiger partial charge on any atom is 0.341 e. The molecular weight excluding hydrogens is 509 g/mol. The van der Waals surface area contributed by atoms with Gasteiger partial charge in [0.2, 0.25) is 5.91 Å². The smallest absolute Gasteiger partial charge is 0.341 e. The van der Waals surface area contributed by atoms with E-state index < -0.39 is 5.97 Å². The Morgan fingerprint density at radius 3 is 2.50 bits per heavy atom. The minimum atomic E-state index is -0.638. The van der Waals surface area contributed by atoms with Crippen LogP contribution in [0, 0.1) is 12.7 Å². The number of methoxy groups -OCH3 is 1. The van der Waals surface area contributed by atoms with E-state index in [1.54, 1.807) is 21.0 Å².